The van der Waals surface area contributed by atoms with E-state index in [0.29, 0.717) is 0 Å². The van der Waals surface area contributed by atoms with Crippen molar-refractivity contribution in [3.63, 3.8) is 0 Å². The molecule has 0 spiro atoms. The summed E-state index contributed by atoms with van der Waals surface area (Å²) in [4.78, 5) is 22.1. The van der Waals surface area contributed by atoms with Gasteiger partial charge in [-0.25, -0.2) is 9.78 Å². The fourth-order valence-corrected chi connectivity index (χ4v) is 2.51. The number of anilines is 1. The SMILES string of the molecule is CNCCC1CCN(c2cncc(C(=O)OC)n2)CC1. The lowest BCUT2D eigenvalue weighted by molar-refractivity contribution is 0.0593. The van der Waals surface area contributed by atoms with Crippen molar-refractivity contribution >= 4 is 11.8 Å². The number of hydrogen-bond donors (Lipinski definition) is 1. The number of hydrogen-bond acceptors (Lipinski definition) is 6. The number of methoxy groups -OCH3 is 1. The van der Waals surface area contributed by atoms with E-state index in [9.17, 15) is 4.79 Å². The van der Waals surface area contributed by atoms with Crippen LogP contribution in [-0.4, -0.2) is 49.7 Å². The molecular formula is C14H22N4O2. The minimum Gasteiger partial charge on any atom is -0.464 e. The number of nitrogens with one attached hydrogen (secondary N) is 1. The zero-order chi connectivity index (χ0) is 14.4. The van der Waals surface area contributed by atoms with E-state index >= 15 is 0 Å². The summed E-state index contributed by atoms with van der Waals surface area (Å²) in [7, 11) is 3.34. The van der Waals surface area contributed by atoms with Crippen LogP contribution < -0.4 is 10.2 Å². The van der Waals surface area contributed by atoms with Gasteiger partial charge in [-0.3, -0.25) is 4.98 Å². The molecule has 0 unspecified atom stereocenters. The van der Waals surface area contributed by atoms with E-state index in [-0.39, 0.29) is 5.69 Å². The van der Waals surface area contributed by atoms with Crippen LogP contribution in [0.3, 0.4) is 0 Å². The summed E-state index contributed by atoms with van der Waals surface area (Å²) in [5.41, 5.74) is 0.266. The molecule has 0 amide bonds. The van der Waals surface area contributed by atoms with Gasteiger partial charge in [-0.2, -0.15) is 0 Å². The predicted molar refractivity (Wildman–Crippen MR) is 76.9 cm³/mol. The maximum absolute atomic E-state index is 11.5. The highest BCUT2D eigenvalue weighted by Crippen LogP contribution is 2.23. The Kier molecular flexibility index (Phi) is 5.29. The van der Waals surface area contributed by atoms with Crippen molar-refractivity contribution in [2.24, 2.45) is 5.92 Å². The van der Waals surface area contributed by atoms with Gasteiger partial charge in [0.05, 0.1) is 19.5 Å². The van der Waals surface area contributed by atoms with E-state index in [1.54, 1.807) is 6.20 Å². The van der Waals surface area contributed by atoms with Gasteiger partial charge in [0, 0.05) is 13.1 Å². The molecule has 0 aromatic carbocycles. The van der Waals surface area contributed by atoms with Crippen molar-refractivity contribution in [3.8, 4) is 0 Å². The lowest BCUT2D eigenvalue weighted by atomic mass is 9.93. The van der Waals surface area contributed by atoms with Gasteiger partial charge in [-0.05, 0) is 38.8 Å². The van der Waals surface area contributed by atoms with Crippen LogP contribution in [0.15, 0.2) is 12.4 Å². The Bertz CT molecular complexity index is 445. The molecule has 1 aliphatic rings. The molecule has 1 saturated heterocycles. The number of esters is 1. The first-order valence-corrected chi connectivity index (χ1v) is 7.04. The lowest BCUT2D eigenvalue weighted by Crippen LogP contribution is -2.35. The number of ether oxygens (including phenoxy) is 1. The third-order valence-electron chi connectivity index (χ3n) is 3.76. The molecule has 20 heavy (non-hydrogen) atoms. The van der Waals surface area contributed by atoms with Crippen molar-refractivity contribution in [3.05, 3.63) is 18.1 Å². The normalized spacial score (nSPS) is 16.2. The summed E-state index contributed by atoms with van der Waals surface area (Å²) in [6.45, 7) is 3.00. The number of rotatable bonds is 5. The van der Waals surface area contributed by atoms with Crippen molar-refractivity contribution in [2.45, 2.75) is 19.3 Å². The fourth-order valence-electron chi connectivity index (χ4n) is 2.51. The second kappa shape index (κ2) is 7.19. The number of nitrogens with zero attached hydrogens (tertiary/aromatic N) is 3. The summed E-state index contributed by atoms with van der Waals surface area (Å²) < 4.78 is 4.67. The number of piperidine rings is 1. The molecule has 2 rings (SSSR count). The zero-order valence-electron chi connectivity index (χ0n) is 12.1. The minimum atomic E-state index is -0.441. The molecule has 0 atom stereocenters. The molecule has 6 nitrogen and oxygen atoms in total. The Morgan fingerprint density at radius 3 is 2.85 bits per heavy atom. The lowest BCUT2D eigenvalue weighted by Gasteiger charge is -2.32. The van der Waals surface area contributed by atoms with Crippen molar-refractivity contribution in [1.82, 2.24) is 15.3 Å². The minimum absolute atomic E-state index is 0.266. The highest BCUT2D eigenvalue weighted by atomic mass is 16.5. The molecule has 6 heteroatoms. The van der Waals surface area contributed by atoms with Crippen molar-refractivity contribution < 1.29 is 9.53 Å². The summed E-state index contributed by atoms with van der Waals surface area (Å²) >= 11 is 0. The molecule has 0 aliphatic carbocycles. The van der Waals surface area contributed by atoms with E-state index in [1.807, 2.05) is 7.05 Å². The molecule has 0 saturated carbocycles. The predicted octanol–water partition coefficient (Wildman–Crippen LogP) is 1.09. The first-order chi connectivity index (χ1) is 9.74. The average Bonchev–Trinajstić information content (AvgIpc) is 2.52. The highest BCUT2D eigenvalue weighted by molar-refractivity contribution is 5.87. The van der Waals surface area contributed by atoms with Gasteiger partial charge in [-0.1, -0.05) is 0 Å². The maximum Gasteiger partial charge on any atom is 0.358 e. The van der Waals surface area contributed by atoms with Gasteiger partial charge >= 0.3 is 5.97 Å². The molecule has 1 fully saturated rings. The van der Waals surface area contributed by atoms with Crippen LogP contribution in [0.1, 0.15) is 29.8 Å². The topological polar surface area (TPSA) is 67.4 Å². The van der Waals surface area contributed by atoms with Crippen LogP contribution in [0, 0.1) is 5.92 Å². The van der Waals surface area contributed by atoms with Crippen molar-refractivity contribution in [1.29, 1.82) is 0 Å². The first-order valence-electron chi connectivity index (χ1n) is 7.04. The molecule has 110 valence electrons. The smallest absolute Gasteiger partial charge is 0.358 e. The largest absolute Gasteiger partial charge is 0.464 e. The van der Waals surface area contributed by atoms with Crippen LogP contribution >= 0.6 is 0 Å². The van der Waals surface area contributed by atoms with Crippen LogP contribution in [0.2, 0.25) is 0 Å². The van der Waals surface area contributed by atoms with E-state index in [2.05, 4.69) is 24.9 Å². The molecule has 1 N–H and O–H groups in total. The first kappa shape index (κ1) is 14.7. The van der Waals surface area contributed by atoms with E-state index in [1.165, 1.54) is 19.7 Å². The third kappa shape index (κ3) is 3.66. The van der Waals surface area contributed by atoms with Crippen LogP contribution in [-0.2, 0) is 4.74 Å². The second-order valence-electron chi connectivity index (χ2n) is 5.08. The summed E-state index contributed by atoms with van der Waals surface area (Å²) in [6, 6.07) is 0. The molecule has 2 heterocycles. The number of carbonyl (C=O) groups is 1. The second-order valence-corrected chi connectivity index (χ2v) is 5.08. The van der Waals surface area contributed by atoms with Crippen molar-refractivity contribution in [2.75, 3.05) is 38.7 Å². The van der Waals surface area contributed by atoms with Gasteiger partial charge in [0.25, 0.3) is 0 Å². The third-order valence-corrected chi connectivity index (χ3v) is 3.76. The Morgan fingerprint density at radius 1 is 1.45 bits per heavy atom. The molecule has 1 aromatic rings. The Hall–Kier alpha value is -1.69. The van der Waals surface area contributed by atoms with Gasteiger partial charge in [0.15, 0.2) is 5.69 Å². The average molecular weight is 278 g/mol. The van der Waals surface area contributed by atoms with Crippen LogP contribution in [0.5, 0.6) is 0 Å². The molecule has 1 aliphatic heterocycles. The molecule has 0 bridgehead atoms. The maximum atomic E-state index is 11.5. The van der Waals surface area contributed by atoms with Gasteiger partial charge in [0.2, 0.25) is 0 Å². The summed E-state index contributed by atoms with van der Waals surface area (Å²) in [5, 5.41) is 3.20. The Labute approximate surface area is 119 Å². The number of aromatic nitrogens is 2. The molecule has 0 radical (unpaired) electrons. The summed E-state index contributed by atoms with van der Waals surface area (Å²) in [6.07, 6.45) is 6.69. The van der Waals surface area contributed by atoms with Gasteiger partial charge < -0.3 is 15.0 Å². The quantitative estimate of drug-likeness (QED) is 0.813. The van der Waals surface area contributed by atoms with Crippen LogP contribution in [0.25, 0.3) is 0 Å². The van der Waals surface area contributed by atoms with E-state index < -0.39 is 5.97 Å². The molecular weight excluding hydrogens is 256 g/mol. The standard InChI is InChI=1S/C14H22N4O2/c1-15-6-3-11-4-7-18(8-5-11)13-10-16-9-12(17-13)14(19)20-2/h9-11,15H,3-8H2,1-2H3. The van der Waals surface area contributed by atoms with Gasteiger partial charge in [-0.15, -0.1) is 0 Å². The van der Waals surface area contributed by atoms with Crippen LogP contribution in [0.4, 0.5) is 5.82 Å². The summed E-state index contributed by atoms with van der Waals surface area (Å²) in [5.74, 6) is 1.10. The van der Waals surface area contributed by atoms with E-state index in [0.717, 1.165) is 44.2 Å². The monoisotopic (exact) mass is 278 g/mol. The Morgan fingerprint density at radius 2 is 2.20 bits per heavy atom. The number of carbonyl (C=O) groups excluding carboxylic acids is 1. The highest BCUT2D eigenvalue weighted by Gasteiger charge is 2.20. The van der Waals surface area contributed by atoms with E-state index in [4.69, 9.17) is 0 Å². The zero-order valence-corrected chi connectivity index (χ0v) is 12.1. The molecule has 1 aromatic heterocycles. The fraction of sp³-hybridized carbons (Fsp3) is 0.643. The van der Waals surface area contributed by atoms with Gasteiger partial charge in [0.1, 0.15) is 5.82 Å². The Balaban J connectivity index is 1.95.